The monoisotopic (exact) mass is 291 g/mol. The van der Waals surface area contributed by atoms with Gasteiger partial charge in [0, 0.05) is 30.4 Å². The fourth-order valence-electron chi connectivity index (χ4n) is 2.92. The molecule has 5 heteroatoms. The summed E-state index contributed by atoms with van der Waals surface area (Å²) in [6.45, 7) is 1.64. The topological polar surface area (TPSA) is 65.2 Å². The summed E-state index contributed by atoms with van der Waals surface area (Å²) in [6, 6.07) is 3.65. The van der Waals surface area contributed by atoms with E-state index in [2.05, 4.69) is 22.2 Å². The summed E-state index contributed by atoms with van der Waals surface area (Å²) in [5, 5.41) is 2.87. The van der Waals surface area contributed by atoms with Crippen LogP contribution in [-0.2, 0) is 0 Å². The Bertz CT molecular complexity index is 506. The third-order valence-corrected chi connectivity index (χ3v) is 4.21. The zero-order chi connectivity index (χ0) is 15.1. The summed E-state index contributed by atoms with van der Waals surface area (Å²) in [5.41, 5.74) is 0.166. The van der Waals surface area contributed by atoms with Gasteiger partial charge in [0.05, 0.1) is 0 Å². The normalized spacial score (nSPS) is 16.1. The summed E-state index contributed by atoms with van der Waals surface area (Å²) in [7, 11) is 2.18. The second kappa shape index (κ2) is 7.98. The molecule has 5 nitrogen and oxygen atoms in total. The van der Waals surface area contributed by atoms with E-state index in [1.165, 1.54) is 44.4 Å². The van der Waals surface area contributed by atoms with Crippen LogP contribution in [0.15, 0.2) is 23.1 Å². The molecule has 0 saturated heterocycles. The van der Waals surface area contributed by atoms with Gasteiger partial charge in [-0.25, -0.2) is 0 Å². The molecule has 1 aliphatic carbocycles. The molecule has 1 aromatic heterocycles. The van der Waals surface area contributed by atoms with Crippen molar-refractivity contribution < 1.29 is 4.79 Å². The lowest BCUT2D eigenvalue weighted by atomic mass is 9.94. The quantitative estimate of drug-likeness (QED) is 0.785. The molecule has 0 aromatic carbocycles. The number of nitrogens with zero attached hydrogens (tertiary/aromatic N) is 1. The van der Waals surface area contributed by atoms with Gasteiger partial charge in [-0.05, 0) is 38.9 Å². The Morgan fingerprint density at radius 2 is 2.14 bits per heavy atom. The van der Waals surface area contributed by atoms with Crippen LogP contribution in [0.3, 0.4) is 0 Å². The maximum absolute atomic E-state index is 11.9. The molecule has 0 unspecified atom stereocenters. The summed E-state index contributed by atoms with van der Waals surface area (Å²) < 4.78 is 0. The number of aromatic nitrogens is 1. The van der Waals surface area contributed by atoms with Crippen LogP contribution < -0.4 is 10.9 Å². The average molecular weight is 291 g/mol. The van der Waals surface area contributed by atoms with E-state index in [4.69, 9.17) is 0 Å². The summed E-state index contributed by atoms with van der Waals surface area (Å²) in [4.78, 5) is 27.9. The van der Waals surface area contributed by atoms with Crippen LogP contribution in [0.1, 0.15) is 48.9 Å². The minimum Gasteiger partial charge on any atom is -0.352 e. The van der Waals surface area contributed by atoms with Crippen LogP contribution in [0.2, 0.25) is 0 Å². The summed E-state index contributed by atoms with van der Waals surface area (Å²) >= 11 is 0. The van der Waals surface area contributed by atoms with Gasteiger partial charge in [-0.1, -0.05) is 19.3 Å². The molecule has 0 bridgehead atoms. The molecule has 1 aromatic rings. The molecule has 1 fully saturated rings. The molecule has 2 N–H and O–H groups in total. The van der Waals surface area contributed by atoms with Crippen molar-refractivity contribution in [3.05, 3.63) is 34.2 Å². The van der Waals surface area contributed by atoms with Gasteiger partial charge in [0.2, 0.25) is 5.56 Å². The van der Waals surface area contributed by atoms with Gasteiger partial charge in [-0.2, -0.15) is 0 Å². The second-order valence-electron chi connectivity index (χ2n) is 5.82. The van der Waals surface area contributed by atoms with Gasteiger partial charge >= 0.3 is 0 Å². The highest BCUT2D eigenvalue weighted by Crippen LogP contribution is 2.21. The molecule has 2 rings (SSSR count). The van der Waals surface area contributed by atoms with Crippen molar-refractivity contribution in [1.82, 2.24) is 15.2 Å². The van der Waals surface area contributed by atoms with Gasteiger partial charge in [-0.3, -0.25) is 9.59 Å². The molecule has 0 aliphatic heterocycles. The third-order valence-electron chi connectivity index (χ3n) is 4.21. The molecule has 0 spiro atoms. The lowest BCUT2D eigenvalue weighted by Crippen LogP contribution is -2.36. The Hall–Kier alpha value is -1.62. The number of carbonyl (C=O) groups excluding carboxylic acids is 1. The Morgan fingerprint density at radius 1 is 1.38 bits per heavy atom. The highest BCUT2D eigenvalue weighted by Gasteiger charge is 2.17. The standard InChI is InChI=1S/C16H25N3O2/c1-19(14-6-3-2-4-7-14)11-5-9-18-16(21)13-8-10-17-15(20)12-13/h8,10,12,14H,2-7,9,11H2,1H3,(H,17,20)(H,18,21). The zero-order valence-corrected chi connectivity index (χ0v) is 12.7. The van der Waals surface area contributed by atoms with Crippen molar-refractivity contribution in [1.29, 1.82) is 0 Å². The molecular weight excluding hydrogens is 266 g/mol. The van der Waals surface area contributed by atoms with Gasteiger partial charge < -0.3 is 15.2 Å². The number of rotatable bonds is 6. The Morgan fingerprint density at radius 3 is 2.86 bits per heavy atom. The number of nitrogens with one attached hydrogen (secondary N) is 2. The number of carbonyl (C=O) groups is 1. The Balaban J connectivity index is 1.67. The molecule has 116 valence electrons. The first-order valence-electron chi connectivity index (χ1n) is 7.84. The smallest absolute Gasteiger partial charge is 0.251 e. The van der Waals surface area contributed by atoms with Gasteiger partial charge in [0.25, 0.3) is 5.91 Å². The van der Waals surface area contributed by atoms with Gasteiger partial charge in [0.1, 0.15) is 0 Å². The van der Waals surface area contributed by atoms with Gasteiger partial charge in [0.15, 0.2) is 0 Å². The van der Waals surface area contributed by atoms with Crippen LogP contribution in [-0.4, -0.2) is 42.0 Å². The number of H-pyrrole nitrogens is 1. The summed E-state index contributed by atoms with van der Waals surface area (Å²) in [6.07, 6.45) is 9.08. The minimum atomic E-state index is -0.250. The number of hydrogen-bond acceptors (Lipinski definition) is 3. The predicted octanol–water partition coefficient (Wildman–Crippen LogP) is 1.76. The fraction of sp³-hybridized carbons (Fsp3) is 0.625. The number of amides is 1. The van der Waals surface area contributed by atoms with E-state index >= 15 is 0 Å². The molecule has 1 aliphatic rings. The van der Waals surface area contributed by atoms with Crippen molar-refractivity contribution in [2.45, 2.75) is 44.6 Å². The molecular formula is C16H25N3O2. The zero-order valence-electron chi connectivity index (χ0n) is 12.7. The van der Waals surface area contributed by atoms with E-state index in [0.29, 0.717) is 18.2 Å². The molecule has 1 saturated carbocycles. The van der Waals surface area contributed by atoms with E-state index in [0.717, 1.165) is 13.0 Å². The fourth-order valence-corrected chi connectivity index (χ4v) is 2.92. The molecule has 1 amide bonds. The molecule has 1 heterocycles. The SMILES string of the molecule is CN(CCCNC(=O)c1cc[nH]c(=O)c1)C1CCCCC1. The maximum atomic E-state index is 11.9. The Kier molecular flexibility index (Phi) is 5.99. The van der Waals surface area contributed by atoms with Crippen LogP contribution >= 0.6 is 0 Å². The van der Waals surface area contributed by atoms with Crippen LogP contribution in [0.25, 0.3) is 0 Å². The lowest BCUT2D eigenvalue weighted by molar-refractivity contribution is 0.0950. The first-order valence-corrected chi connectivity index (χ1v) is 7.84. The molecule has 21 heavy (non-hydrogen) atoms. The highest BCUT2D eigenvalue weighted by atomic mass is 16.2. The number of hydrogen-bond donors (Lipinski definition) is 2. The Labute approximate surface area is 125 Å². The van der Waals surface area contributed by atoms with Crippen LogP contribution in [0.5, 0.6) is 0 Å². The van der Waals surface area contributed by atoms with E-state index < -0.39 is 0 Å². The third kappa shape index (κ3) is 5.01. The lowest BCUT2D eigenvalue weighted by Gasteiger charge is -2.31. The molecule has 0 radical (unpaired) electrons. The predicted molar refractivity (Wildman–Crippen MR) is 83.5 cm³/mol. The first-order chi connectivity index (χ1) is 10.2. The van der Waals surface area contributed by atoms with Crippen LogP contribution in [0.4, 0.5) is 0 Å². The second-order valence-corrected chi connectivity index (χ2v) is 5.82. The van der Waals surface area contributed by atoms with Crippen molar-refractivity contribution in [3.63, 3.8) is 0 Å². The van der Waals surface area contributed by atoms with Crippen molar-refractivity contribution in [2.24, 2.45) is 0 Å². The number of pyridine rings is 1. The number of aromatic amines is 1. The van der Waals surface area contributed by atoms with E-state index in [9.17, 15) is 9.59 Å². The first kappa shape index (κ1) is 15.8. The van der Waals surface area contributed by atoms with E-state index in [1.54, 1.807) is 6.07 Å². The molecule has 0 atom stereocenters. The summed E-state index contributed by atoms with van der Waals surface area (Å²) in [5.74, 6) is -0.179. The highest BCUT2D eigenvalue weighted by molar-refractivity contribution is 5.93. The largest absolute Gasteiger partial charge is 0.352 e. The van der Waals surface area contributed by atoms with Gasteiger partial charge in [-0.15, -0.1) is 0 Å². The van der Waals surface area contributed by atoms with Crippen molar-refractivity contribution >= 4 is 5.91 Å². The van der Waals surface area contributed by atoms with Crippen molar-refractivity contribution in [2.75, 3.05) is 20.1 Å². The van der Waals surface area contributed by atoms with Crippen LogP contribution in [0, 0.1) is 0 Å². The average Bonchev–Trinajstić information content (AvgIpc) is 2.52. The minimum absolute atomic E-state index is 0.179. The maximum Gasteiger partial charge on any atom is 0.251 e. The van der Waals surface area contributed by atoms with Crippen molar-refractivity contribution in [3.8, 4) is 0 Å². The van der Waals surface area contributed by atoms with E-state index in [-0.39, 0.29) is 11.5 Å². The van der Waals surface area contributed by atoms with E-state index in [1.807, 2.05) is 0 Å².